The van der Waals surface area contributed by atoms with Gasteiger partial charge in [0.15, 0.2) is 5.82 Å². The highest BCUT2D eigenvalue weighted by molar-refractivity contribution is 5.92. The standard InChI is InChI=1S/C16H14FN5O2/c17-13-7-4-8-14(24-10-12-5-2-1-3-6-12)16(13)19-15(23)9-22-11-18-20-21-22/h1-8,11H,9-10H2,(H,19,23). The van der Waals surface area contributed by atoms with Crippen LogP contribution in [-0.2, 0) is 17.9 Å². The Balaban J connectivity index is 1.71. The van der Waals surface area contributed by atoms with E-state index in [1.165, 1.54) is 23.1 Å². The van der Waals surface area contributed by atoms with E-state index >= 15 is 0 Å². The van der Waals surface area contributed by atoms with Gasteiger partial charge in [-0.15, -0.1) is 5.10 Å². The van der Waals surface area contributed by atoms with Crippen molar-refractivity contribution in [3.05, 3.63) is 66.2 Å². The number of rotatable bonds is 6. The number of ether oxygens (including phenoxy) is 1. The van der Waals surface area contributed by atoms with Crippen LogP contribution in [0.15, 0.2) is 54.9 Å². The van der Waals surface area contributed by atoms with Gasteiger partial charge in [-0.25, -0.2) is 9.07 Å². The first-order valence-electron chi connectivity index (χ1n) is 7.18. The summed E-state index contributed by atoms with van der Waals surface area (Å²) in [6.45, 7) is 0.139. The molecule has 7 nitrogen and oxygen atoms in total. The summed E-state index contributed by atoms with van der Waals surface area (Å²) < 4.78 is 20.9. The van der Waals surface area contributed by atoms with E-state index < -0.39 is 11.7 Å². The van der Waals surface area contributed by atoms with Crippen LogP contribution in [0.2, 0.25) is 0 Å². The molecule has 0 radical (unpaired) electrons. The Bertz CT molecular complexity index is 809. The van der Waals surface area contributed by atoms with Gasteiger partial charge in [0, 0.05) is 0 Å². The topological polar surface area (TPSA) is 81.9 Å². The van der Waals surface area contributed by atoms with Crippen molar-refractivity contribution in [2.24, 2.45) is 0 Å². The Morgan fingerprint density at radius 2 is 2.00 bits per heavy atom. The molecule has 2 aromatic carbocycles. The number of tetrazole rings is 1. The Kier molecular flexibility index (Phi) is 4.76. The van der Waals surface area contributed by atoms with E-state index in [2.05, 4.69) is 20.8 Å². The van der Waals surface area contributed by atoms with Gasteiger partial charge in [-0.3, -0.25) is 4.79 Å². The van der Waals surface area contributed by atoms with Crippen molar-refractivity contribution >= 4 is 11.6 Å². The van der Waals surface area contributed by atoms with E-state index in [4.69, 9.17) is 4.74 Å². The number of carbonyl (C=O) groups is 1. The van der Waals surface area contributed by atoms with Crippen molar-refractivity contribution in [1.82, 2.24) is 20.2 Å². The van der Waals surface area contributed by atoms with Crippen molar-refractivity contribution in [1.29, 1.82) is 0 Å². The number of hydrogen-bond donors (Lipinski definition) is 1. The van der Waals surface area contributed by atoms with Crippen molar-refractivity contribution in [2.45, 2.75) is 13.2 Å². The van der Waals surface area contributed by atoms with Gasteiger partial charge in [-0.05, 0) is 28.1 Å². The molecule has 122 valence electrons. The zero-order valence-corrected chi connectivity index (χ0v) is 12.6. The SMILES string of the molecule is O=C(Cn1cnnn1)Nc1c(F)cccc1OCc1ccccc1. The Labute approximate surface area is 137 Å². The van der Waals surface area contributed by atoms with Gasteiger partial charge in [0.25, 0.3) is 0 Å². The number of benzene rings is 2. The van der Waals surface area contributed by atoms with Crippen LogP contribution in [0.4, 0.5) is 10.1 Å². The number of nitrogens with one attached hydrogen (secondary N) is 1. The van der Waals surface area contributed by atoms with E-state index in [-0.39, 0.29) is 24.6 Å². The van der Waals surface area contributed by atoms with Gasteiger partial charge in [0.2, 0.25) is 5.91 Å². The van der Waals surface area contributed by atoms with E-state index in [0.29, 0.717) is 0 Å². The average Bonchev–Trinajstić information content (AvgIpc) is 3.09. The quantitative estimate of drug-likeness (QED) is 0.749. The Morgan fingerprint density at radius 3 is 2.75 bits per heavy atom. The molecule has 3 rings (SSSR count). The summed E-state index contributed by atoms with van der Waals surface area (Å²) in [5, 5.41) is 13.0. The molecular formula is C16H14FN5O2. The molecular weight excluding hydrogens is 313 g/mol. The van der Waals surface area contributed by atoms with Crippen LogP contribution in [0, 0.1) is 5.82 Å². The van der Waals surface area contributed by atoms with Crippen molar-refractivity contribution in [3.63, 3.8) is 0 Å². The van der Waals surface area contributed by atoms with Gasteiger partial charge in [0.05, 0.1) is 0 Å². The molecule has 0 aliphatic heterocycles. The van der Waals surface area contributed by atoms with Crippen molar-refractivity contribution < 1.29 is 13.9 Å². The number of amides is 1. The second-order valence-corrected chi connectivity index (χ2v) is 4.94. The molecule has 3 aromatic rings. The lowest BCUT2D eigenvalue weighted by Gasteiger charge is -2.13. The Morgan fingerprint density at radius 1 is 1.17 bits per heavy atom. The predicted octanol–water partition coefficient (Wildman–Crippen LogP) is 2.03. The fourth-order valence-electron chi connectivity index (χ4n) is 2.06. The number of anilines is 1. The maximum atomic E-state index is 14.1. The lowest BCUT2D eigenvalue weighted by molar-refractivity contribution is -0.117. The second kappa shape index (κ2) is 7.32. The first kappa shape index (κ1) is 15.6. The predicted molar refractivity (Wildman–Crippen MR) is 83.6 cm³/mol. The number of halogens is 1. The maximum absolute atomic E-state index is 14.1. The number of nitrogens with zero attached hydrogens (tertiary/aromatic N) is 4. The molecule has 0 aliphatic rings. The third kappa shape index (κ3) is 3.92. The lowest BCUT2D eigenvalue weighted by atomic mass is 10.2. The fraction of sp³-hybridized carbons (Fsp3) is 0.125. The summed E-state index contributed by atoms with van der Waals surface area (Å²) >= 11 is 0. The number of hydrogen-bond acceptors (Lipinski definition) is 5. The molecule has 1 aromatic heterocycles. The zero-order valence-electron chi connectivity index (χ0n) is 12.6. The van der Waals surface area contributed by atoms with Gasteiger partial charge in [-0.2, -0.15) is 0 Å². The minimum atomic E-state index is -0.578. The van der Waals surface area contributed by atoms with Crippen LogP contribution in [0.3, 0.4) is 0 Å². The summed E-state index contributed by atoms with van der Waals surface area (Å²) in [5.41, 5.74) is 0.930. The summed E-state index contributed by atoms with van der Waals surface area (Å²) in [6, 6.07) is 13.8. The van der Waals surface area contributed by atoms with Crippen molar-refractivity contribution in [3.8, 4) is 5.75 Å². The van der Waals surface area contributed by atoms with Crippen LogP contribution in [0.1, 0.15) is 5.56 Å². The first-order valence-corrected chi connectivity index (χ1v) is 7.18. The molecule has 1 amide bonds. The van der Waals surface area contributed by atoms with E-state index in [0.717, 1.165) is 5.56 Å². The molecule has 24 heavy (non-hydrogen) atoms. The molecule has 0 unspecified atom stereocenters. The third-order valence-corrected chi connectivity index (χ3v) is 3.17. The first-order chi connectivity index (χ1) is 11.7. The second-order valence-electron chi connectivity index (χ2n) is 4.94. The normalized spacial score (nSPS) is 10.4. The van der Waals surface area contributed by atoms with Crippen LogP contribution >= 0.6 is 0 Å². The minimum absolute atomic E-state index is 0.00787. The fourth-order valence-corrected chi connectivity index (χ4v) is 2.06. The molecule has 0 atom stereocenters. The molecule has 0 aliphatic carbocycles. The van der Waals surface area contributed by atoms with E-state index in [1.54, 1.807) is 6.07 Å². The molecule has 0 spiro atoms. The number of carbonyl (C=O) groups excluding carboxylic acids is 1. The van der Waals surface area contributed by atoms with Crippen LogP contribution in [-0.4, -0.2) is 26.1 Å². The smallest absolute Gasteiger partial charge is 0.246 e. The van der Waals surface area contributed by atoms with E-state index in [9.17, 15) is 9.18 Å². The minimum Gasteiger partial charge on any atom is -0.487 e. The van der Waals surface area contributed by atoms with Gasteiger partial charge in [0.1, 0.15) is 30.9 Å². The number of aromatic nitrogens is 4. The Hall–Kier alpha value is -3.29. The third-order valence-electron chi connectivity index (χ3n) is 3.17. The average molecular weight is 327 g/mol. The van der Waals surface area contributed by atoms with Gasteiger partial charge >= 0.3 is 0 Å². The van der Waals surface area contributed by atoms with Crippen LogP contribution in [0.5, 0.6) is 5.75 Å². The zero-order chi connectivity index (χ0) is 16.8. The highest BCUT2D eigenvalue weighted by Crippen LogP contribution is 2.28. The maximum Gasteiger partial charge on any atom is 0.246 e. The molecule has 1 heterocycles. The van der Waals surface area contributed by atoms with Crippen LogP contribution in [0.25, 0.3) is 0 Å². The summed E-state index contributed by atoms with van der Waals surface area (Å²) in [4.78, 5) is 12.0. The summed E-state index contributed by atoms with van der Waals surface area (Å²) in [6.07, 6.45) is 1.30. The molecule has 0 bridgehead atoms. The molecule has 0 saturated heterocycles. The number of para-hydroxylation sites is 1. The van der Waals surface area contributed by atoms with Gasteiger partial charge in [-0.1, -0.05) is 36.4 Å². The largest absolute Gasteiger partial charge is 0.487 e. The molecule has 0 saturated carbocycles. The summed E-state index contributed by atoms with van der Waals surface area (Å²) in [5.74, 6) is -0.786. The summed E-state index contributed by atoms with van der Waals surface area (Å²) in [7, 11) is 0. The highest BCUT2D eigenvalue weighted by Gasteiger charge is 2.14. The van der Waals surface area contributed by atoms with Crippen molar-refractivity contribution in [2.75, 3.05) is 5.32 Å². The van der Waals surface area contributed by atoms with Crippen LogP contribution < -0.4 is 10.1 Å². The highest BCUT2D eigenvalue weighted by atomic mass is 19.1. The molecule has 0 fully saturated rings. The molecule has 1 N–H and O–H groups in total. The monoisotopic (exact) mass is 327 g/mol. The van der Waals surface area contributed by atoms with E-state index in [1.807, 2.05) is 30.3 Å². The lowest BCUT2D eigenvalue weighted by Crippen LogP contribution is -2.20. The molecule has 8 heteroatoms. The van der Waals surface area contributed by atoms with Gasteiger partial charge < -0.3 is 10.1 Å².